The molecule has 0 bridgehead atoms. The Balaban J connectivity index is 2.12. The predicted octanol–water partition coefficient (Wildman–Crippen LogP) is 3.54. The Morgan fingerprint density at radius 3 is 2.65 bits per heavy atom. The highest BCUT2D eigenvalue weighted by molar-refractivity contribution is 8.00. The van der Waals surface area contributed by atoms with Crippen LogP contribution in [0.1, 0.15) is 0 Å². The summed E-state index contributed by atoms with van der Waals surface area (Å²) in [7, 11) is 0. The number of benzene rings is 1. The first-order valence-corrected chi connectivity index (χ1v) is 7.76. The van der Waals surface area contributed by atoms with E-state index in [4.69, 9.17) is 5.11 Å². The Morgan fingerprint density at radius 2 is 1.95 bits per heavy atom. The molecule has 0 aliphatic carbocycles. The lowest BCUT2D eigenvalue weighted by Crippen LogP contribution is -1.99. The van der Waals surface area contributed by atoms with Crippen LogP contribution in [0, 0.1) is 0 Å². The first kappa shape index (κ1) is 13.1. The van der Waals surface area contributed by atoms with Gasteiger partial charge in [-0.05, 0) is 11.4 Å². The maximum absolute atomic E-state index is 10.7. The van der Waals surface area contributed by atoms with Crippen molar-refractivity contribution in [2.45, 2.75) is 5.03 Å². The minimum Gasteiger partial charge on any atom is -0.481 e. The number of carboxylic acids is 1. The van der Waals surface area contributed by atoms with E-state index in [0.717, 1.165) is 21.3 Å². The van der Waals surface area contributed by atoms with Crippen LogP contribution in [0.25, 0.3) is 21.3 Å². The van der Waals surface area contributed by atoms with E-state index in [1.807, 2.05) is 41.8 Å². The maximum atomic E-state index is 10.7. The molecule has 0 spiro atoms. The quantitative estimate of drug-likeness (QED) is 0.747. The predicted molar refractivity (Wildman–Crippen MR) is 81.2 cm³/mol. The van der Waals surface area contributed by atoms with Gasteiger partial charge in [-0.3, -0.25) is 4.79 Å². The number of hydrogen-bond acceptors (Lipinski definition) is 5. The van der Waals surface area contributed by atoms with Crippen LogP contribution in [0.2, 0.25) is 0 Å². The second-order valence-electron chi connectivity index (χ2n) is 4.06. The van der Waals surface area contributed by atoms with E-state index < -0.39 is 5.97 Å². The first-order valence-electron chi connectivity index (χ1n) is 5.89. The molecule has 2 heterocycles. The third kappa shape index (κ3) is 2.52. The Morgan fingerprint density at radius 1 is 1.15 bits per heavy atom. The van der Waals surface area contributed by atoms with Crippen molar-refractivity contribution < 1.29 is 9.90 Å². The van der Waals surface area contributed by atoms with E-state index in [-0.39, 0.29) is 5.75 Å². The summed E-state index contributed by atoms with van der Waals surface area (Å²) in [4.78, 5) is 11.8. The van der Waals surface area contributed by atoms with Crippen molar-refractivity contribution in [1.82, 2.24) is 10.2 Å². The topological polar surface area (TPSA) is 63.1 Å². The van der Waals surface area contributed by atoms with Crippen LogP contribution in [-0.2, 0) is 4.79 Å². The van der Waals surface area contributed by atoms with Gasteiger partial charge >= 0.3 is 5.97 Å². The van der Waals surface area contributed by atoms with Gasteiger partial charge in [0.15, 0.2) is 0 Å². The number of aliphatic carboxylic acids is 1. The van der Waals surface area contributed by atoms with Crippen LogP contribution in [0.5, 0.6) is 0 Å². The number of nitrogens with zero attached hydrogens (tertiary/aromatic N) is 2. The molecule has 1 N–H and O–H groups in total. The molecule has 0 amide bonds. The van der Waals surface area contributed by atoms with Gasteiger partial charge in [0, 0.05) is 10.8 Å². The zero-order valence-electron chi connectivity index (χ0n) is 10.3. The first-order chi connectivity index (χ1) is 9.75. The van der Waals surface area contributed by atoms with E-state index in [9.17, 15) is 4.79 Å². The molecular formula is C14H10N2O2S2. The molecule has 3 rings (SSSR count). The summed E-state index contributed by atoms with van der Waals surface area (Å²) < 4.78 is 0. The monoisotopic (exact) mass is 302 g/mol. The summed E-state index contributed by atoms with van der Waals surface area (Å²) in [5.41, 5.74) is 0.843. The van der Waals surface area contributed by atoms with Crippen molar-refractivity contribution in [3.63, 3.8) is 0 Å². The standard InChI is InChI=1S/C14H10N2O2S2/c17-12(18)8-20-14-10-5-2-1-4-9(10)13(15-16-14)11-6-3-7-19-11/h1-7H,8H2,(H,17,18). The highest BCUT2D eigenvalue weighted by Gasteiger charge is 2.12. The van der Waals surface area contributed by atoms with Gasteiger partial charge in [-0.25, -0.2) is 0 Å². The molecule has 20 heavy (non-hydrogen) atoms. The molecular weight excluding hydrogens is 292 g/mol. The second kappa shape index (κ2) is 5.60. The lowest BCUT2D eigenvalue weighted by atomic mass is 10.1. The van der Waals surface area contributed by atoms with Crippen LogP contribution >= 0.6 is 23.1 Å². The maximum Gasteiger partial charge on any atom is 0.313 e. The van der Waals surface area contributed by atoms with Crippen LogP contribution in [0.4, 0.5) is 0 Å². The van der Waals surface area contributed by atoms with Crippen LogP contribution in [0.15, 0.2) is 46.8 Å². The highest BCUT2D eigenvalue weighted by atomic mass is 32.2. The van der Waals surface area contributed by atoms with Gasteiger partial charge in [0.2, 0.25) is 0 Å². The van der Waals surface area contributed by atoms with Gasteiger partial charge in [0.1, 0.15) is 10.7 Å². The lowest BCUT2D eigenvalue weighted by molar-refractivity contribution is -0.133. The van der Waals surface area contributed by atoms with Crippen molar-refractivity contribution in [1.29, 1.82) is 0 Å². The molecule has 0 unspecified atom stereocenters. The fourth-order valence-electron chi connectivity index (χ4n) is 1.91. The molecule has 0 saturated heterocycles. The normalized spacial score (nSPS) is 10.8. The summed E-state index contributed by atoms with van der Waals surface area (Å²) in [6, 6.07) is 11.8. The smallest absolute Gasteiger partial charge is 0.313 e. The number of aromatic nitrogens is 2. The molecule has 0 aliphatic rings. The highest BCUT2D eigenvalue weighted by Crippen LogP contribution is 2.33. The Labute approximate surface area is 123 Å². The zero-order valence-corrected chi connectivity index (χ0v) is 11.9. The van der Waals surface area contributed by atoms with Gasteiger partial charge in [0.05, 0.1) is 10.6 Å². The van der Waals surface area contributed by atoms with Gasteiger partial charge in [-0.2, -0.15) is 0 Å². The fraction of sp³-hybridized carbons (Fsp3) is 0.0714. The summed E-state index contributed by atoms with van der Waals surface area (Å²) in [6.07, 6.45) is 0. The Hall–Kier alpha value is -1.92. The van der Waals surface area contributed by atoms with Crippen molar-refractivity contribution >= 4 is 39.8 Å². The summed E-state index contributed by atoms with van der Waals surface area (Å²) >= 11 is 2.81. The largest absolute Gasteiger partial charge is 0.481 e. The van der Waals surface area contributed by atoms with Crippen LogP contribution < -0.4 is 0 Å². The lowest BCUT2D eigenvalue weighted by Gasteiger charge is -2.06. The Kier molecular flexibility index (Phi) is 3.66. The van der Waals surface area contributed by atoms with Crippen molar-refractivity contribution in [3.05, 3.63) is 41.8 Å². The number of fused-ring (bicyclic) bond motifs is 1. The number of hydrogen-bond donors (Lipinski definition) is 1. The number of carbonyl (C=O) groups is 1. The molecule has 0 fully saturated rings. The van der Waals surface area contributed by atoms with Gasteiger partial charge in [-0.1, -0.05) is 42.1 Å². The number of rotatable bonds is 4. The van der Waals surface area contributed by atoms with Gasteiger partial charge < -0.3 is 5.11 Å². The SMILES string of the molecule is O=C(O)CSc1nnc(-c2cccs2)c2ccccc12. The van der Waals surface area contributed by atoms with E-state index in [1.54, 1.807) is 11.3 Å². The molecule has 0 aliphatic heterocycles. The summed E-state index contributed by atoms with van der Waals surface area (Å²) in [5.74, 6) is -0.875. The second-order valence-corrected chi connectivity index (χ2v) is 5.97. The molecule has 0 atom stereocenters. The van der Waals surface area contributed by atoms with Crippen molar-refractivity contribution in [2.24, 2.45) is 0 Å². The number of thioether (sulfide) groups is 1. The van der Waals surface area contributed by atoms with Crippen molar-refractivity contribution in [2.75, 3.05) is 5.75 Å². The number of carboxylic acid groups (broad SMARTS) is 1. The molecule has 4 nitrogen and oxygen atoms in total. The van der Waals surface area contributed by atoms with E-state index in [1.165, 1.54) is 11.8 Å². The molecule has 1 aromatic carbocycles. The minimum atomic E-state index is -0.858. The zero-order chi connectivity index (χ0) is 13.9. The summed E-state index contributed by atoms with van der Waals surface area (Å²) in [6.45, 7) is 0. The molecule has 0 saturated carbocycles. The van der Waals surface area contributed by atoms with Crippen LogP contribution in [-0.4, -0.2) is 27.0 Å². The number of thiophene rings is 1. The van der Waals surface area contributed by atoms with E-state index in [0.29, 0.717) is 5.03 Å². The molecule has 6 heteroatoms. The van der Waals surface area contributed by atoms with E-state index in [2.05, 4.69) is 10.2 Å². The molecule has 100 valence electrons. The fourth-order valence-corrected chi connectivity index (χ4v) is 3.33. The average molecular weight is 302 g/mol. The molecule has 3 aromatic rings. The van der Waals surface area contributed by atoms with Crippen LogP contribution in [0.3, 0.4) is 0 Å². The van der Waals surface area contributed by atoms with E-state index >= 15 is 0 Å². The average Bonchev–Trinajstić information content (AvgIpc) is 2.98. The van der Waals surface area contributed by atoms with Gasteiger partial charge in [-0.15, -0.1) is 21.5 Å². The molecule has 0 radical (unpaired) electrons. The minimum absolute atomic E-state index is 0.0168. The third-order valence-corrected chi connectivity index (χ3v) is 4.58. The van der Waals surface area contributed by atoms with Gasteiger partial charge in [0.25, 0.3) is 0 Å². The Bertz CT molecular complexity index is 757. The van der Waals surface area contributed by atoms with Crippen molar-refractivity contribution in [3.8, 4) is 10.6 Å². The third-order valence-electron chi connectivity index (χ3n) is 2.74. The molecule has 2 aromatic heterocycles. The summed E-state index contributed by atoms with van der Waals surface area (Å²) in [5, 5.41) is 21.8.